The van der Waals surface area contributed by atoms with Gasteiger partial charge in [0, 0.05) is 31.4 Å². The fourth-order valence-electron chi connectivity index (χ4n) is 1.41. The quantitative estimate of drug-likeness (QED) is 0.692. The third-order valence-electron chi connectivity index (χ3n) is 2.20. The molecule has 1 nitrogen and oxygen atoms in total. The Bertz CT molecular complexity index is 545. The molecule has 0 saturated carbocycles. The second-order valence-electron chi connectivity index (χ2n) is 3.45. The topological polar surface area (TPSA) is 17.1 Å². The van der Waals surface area contributed by atoms with E-state index in [1.807, 2.05) is 11.4 Å². The number of thiophene rings is 1. The average molecular weight is 350 g/mol. The van der Waals surface area contributed by atoms with Crippen molar-refractivity contribution in [1.82, 2.24) is 0 Å². The van der Waals surface area contributed by atoms with Crippen LogP contribution in [-0.2, 0) is 6.42 Å². The monoisotopic (exact) mass is 348 g/mol. The van der Waals surface area contributed by atoms with E-state index in [-0.39, 0.29) is 5.78 Å². The normalized spacial score (nSPS) is 10.5. The van der Waals surface area contributed by atoms with Gasteiger partial charge in [-0.3, -0.25) is 4.79 Å². The minimum atomic E-state index is 0.0116. The molecule has 0 N–H and O–H groups in total. The van der Waals surface area contributed by atoms with Crippen molar-refractivity contribution in [1.29, 1.82) is 0 Å². The van der Waals surface area contributed by atoms with Gasteiger partial charge in [-0.25, -0.2) is 0 Å². The molecule has 0 spiro atoms. The van der Waals surface area contributed by atoms with E-state index in [1.54, 1.807) is 29.5 Å². The molecule has 0 aliphatic carbocycles. The van der Waals surface area contributed by atoms with Gasteiger partial charge in [-0.1, -0.05) is 23.2 Å². The fraction of sp³-hybridized carbons (Fsp3) is 0.0833. The lowest BCUT2D eigenvalue weighted by Gasteiger charge is -2.02. The third kappa shape index (κ3) is 3.32. The van der Waals surface area contributed by atoms with E-state index in [0.717, 1.165) is 9.35 Å². The van der Waals surface area contributed by atoms with Crippen LogP contribution in [0.3, 0.4) is 0 Å². The highest BCUT2D eigenvalue weighted by atomic mass is 79.9. The number of ketones is 1. The number of hydrogen-bond donors (Lipinski definition) is 0. The van der Waals surface area contributed by atoms with Crippen molar-refractivity contribution in [3.63, 3.8) is 0 Å². The summed E-state index contributed by atoms with van der Waals surface area (Å²) in [4.78, 5) is 13.0. The van der Waals surface area contributed by atoms with Gasteiger partial charge in [0.15, 0.2) is 5.78 Å². The van der Waals surface area contributed by atoms with Crippen LogP contribution in [0.5, 0.6) is 0 Å². The Balaban J connectivity index is 2.23. The van der Waals surface area contributed by atoms with E-state index in [2.05, 4.69) is 15.9 Å². The lowest BCUT2D eigenvalue weighted by molar-refractivity contribution is 0.0993. The first-order chi connectivity index (χ1) is 8.06. The minimum absolute atomic E-state index is 0.0116. The lowest BCUT2D eigenvalue weighted by Crippen LogP contribution is -2.02. The molecule has 2 aromatic rings. The van der Waals surface area contributed by atoms with Gasteiger partial charge in [-0.05, 0) is 45.6 Å². The second kappa shape index (κ2) is 5.53. The minimum Gasteiger partial charge on any atom is -0.294 e. The lowest BCUT2D eigenvalue weighted by atomic mass is 10.1. The van der Waals surface area contributed by atoms with Gasteiger partial charge in [0.05, 0.1) is 0 Å². The van der Waals surface area contributed by atoms with Crippen LogP contribution >= 0.6 is 50.5 Å². The highest BCUT2D eigenvalue weighted by molar-refractivity contribution is 9.10. The maximum Gasteiger partial charge on any atom is 0.168 e. The molecule has 0 radical (unpaired) electrons. The van der Waals surface area contributed by atoms with Crippen LogP contribution in [0.4, 0.5) is 0 Å². The van der Waals surface area contributed by atoms with Crippen LogP contribution in [0.1, 0.15) is 15.2 Å². The summed E-state index contributed by atoms with van der Waals surface area (Å²) in [5.74, 6) is 0.0116. The van der Waals surface area contributed by atoms with Crippen molar-refractivity contribution in [3.8, 4) is 0 Å². The van der Waals surface area contributed by atoms with E-state index in [4.69, 9.17) is 23.2 Å². The molecule has 5 heteroatoms. The van der Waals surface area contributed by atoms with Gasteiger partial charge >= 0.3 is 0 Å². The summed E-state index contributed by atoms with van der Waals surface area (Å²) in [7, 11) is 0. The van der Waals surface area contributed by atoms with Gasteiger partial charge in [0.25, 0.3) is 0 Å². The molecule has 2 rings (SSSR count). The van der Waals surface area contributed by atoms with Crippen LogP contribution in [0.25, 0.3) is 0 Å². The Morgan fingerprint density at radius 3 is 2.41 bits per heavy atom. The average Bonchev–Trinajstić information content (AvgIpc) is 2.63. The predicted octanol–water partition coefficient (Wildman–Crippen LogP) is 5.24. The van der Waals surface area contributed by atoms with Crippen molar-refractivity contribution in [2.24, 2.45) is 0 Å². The molecule has 1 aromatic heterocycles. The van der Waals surface area contributed by atoms with Gasteiger partial charge < -0.3 is 0 Å². The number of carbonyl (C=O) groups is 1. The van der Waals surface area contributed by atoms with Crippen molar-refractivity contribution in [3.05, 3.63) is 54.6 Å². The summed E-state index contributed by atoms with van der Waals surface area (Å²) >= 11 is 16.7. The summed E-state index contributed by atoms with van der Waals surface area (Å²) in [5, 5.41) is 2.90. The van der Waals surface area contributed by atoms with E-state index in [1.165, 1.54) is 0 Å². The largest absolute Gasteiger partial charge is 0.294 e. The maximum absolute atomic E-state index is 12.0. The predicted molar refractivity (Wildman–Crippen MR) is 76.5 cm³/mol. The van der Waals surface area contributed by atoms with E-state index < -0.39 is 0 Å². The summed E-state index contributed by atoms with van der Waals surface area (Å²) in [6.45, 7) is 0. The van der Waals surface area contributed by atoms with Crippen molar-refractivity contribution in [2.75, 3.05) is 0 Å². The number of benzene rings is 1. The highest BCUT2D eigenvalue weighted by Crippen LogP contribution is 2.25. The van der Waals surface area contributed by atoms with Gasteiger partial charge in [-0.2, -0.15) is 0 Å². The molecule has 0 unspecified atom stereocenters. The molecule has 0 saturated heterocycles. The summed E-state index contributed by atoms with van der Waals surface area (Å²) in [6.07, 6.45) is 0.356. The third-order valence-corrected chi connectivity index (χ3v) is 4.56. The molecule has 0 bridgehead atoms. The first-order valence-electron chi connectivity index (χ1n) is 4.77. The molecule has 0 amide bonds. The maximum atomic E-state index is 12.0. The Morgan fingerprint density at radius 2 is 1.88 bits per heavy atom. The molecule has 0 aliphatic rings. The van der Waals surface area contributed by atoms with Crippen LogP contribution in [-0.4, -0.2) is 5.78 Å². The number of carbonyl (C=O) groups excluding carboxylic acids is 1. The SMILES string of the molecule is O=C(Cc1sccc1Br)c1cc(Cl)cc(Cl)c1. The Kier molecular flexibility index (Phi) is 4.26. The number of Topliss-reactive ketones (excluding diaryl/α,β-unsaturated/α-hetero) is 1. The summed E-state index contributed by atoms with van der Waals surface area (Å²) in [6, 6.07) is 6.81. The Hall–Kier alpha value is -0.350. The Morgan fingerprint density at radius 1 is 1.24 bits per heavy atom. The molecule has 1 heterocycles. The van der Waals surface area contributed by atoms with E-state index >= 15 is 0 Å². The molecule has 1 aromatic carbocycles. The first kappa shape index (κ1) is 13.1. The Labute approximate surface area is 121 Å². The van der Waals surface area contributed by atoms with Crippen LogP contribution < -0.4 is 0 Å². The fourth-order valence-corrected chi connectivity index (χ4v) is 3.43. The smallest absolute Gasteiger partial charge is 0.168 e. The number of hydrogen-bond acceptors (Lipinski definition) is 2. The van der Waals surface area contributed by atoms with Crippen molar-refractivity contribution >= 4 is 56.3 Å². The number of halogens is 3. The van der Waals surface area contributed by atoms with Crippen LogP contribution in [0, 0.1) is 0 Å². The second-order valence-corrected chi connectivity index (χ2v) is 6.18. The van der Waals surface area contributed by atoms with Crippen molar-refractivity contribution < 1.29 is 4.79 Å². The first-order valence-corrected chi connectivity index (χ1v) is 7.20. The summed E-state index contributed by atoms with van der Waals surface area (Å²) in [5.41, 5.74) is 0.544. The standard InChI is InChI=1S/C12H7BrCl2OS/c13-10-1-2-17-12(10)6-11(16)7-3-8(14)5-9(15)4-7/h1-5H,6H2. The zero-order valence-corrected chi connectivity index (χ0v) is 12.5. The van der Waals surface area contributed by atoms with Gasteiger partial charge in [0.2, 0.25) is 0 Å². The van der Waals surface area contributed by atoms with Crippen molar-refractivity contribution in [2.45, 2.75) is 6.42 Å². The van der Waals surface area contributed by atoms with Gasteiger partial charge in [-0.15, -0.1) is 11.3 Å². The molecule has 0 atom stereocenters. The number of rotatable bonds is 3. The molecular weight excluding hydrogens is 343 g/mol. The van der Waals surface area contributed by atoms with Crippen LogP contribution in [0.15, 0.2) is 34.1 Å². The molecule has 0 fully saturated rings. The van der Waals surface area contributed by atoms with Gasteiger partial charge in [0.1, 0.15) is 0 Å². The molecule has 17 heavy (non-hydrogen) atoms. The molecule has 0 aliphatic heterocycles. The van der Waals surface area contributed by atoms with Crippen LogP contribution in [0.2, 0.25) is 10.0 Å². The summed E-state index contributed by atoms with van der Waals surface area (Å²) < 4.78 is 0.962. The van der Waals surface area contributed by atoms with E-state index in [0.29, 0.717) is 22.0 Å². The zero-order valence-electron chi connectivity index (χ0n) is 8.54. The van der Waals surface area contributed by atoms with E-state index in [9.17, 15) is 4.79 Å². The zero-order chi connectivity index (χ0) is 12.4. The molecule has 88 valence electrons. The molecular formula is C12H7BrCl2OS. The highest BCUT2D eigenvalue weighted by Gasteiger charge is 2.11.